The summed E-state index contributed by atoms with van der Waals surface area (Å²) in [6, 6.07) is 5.65. The van der Waals surface area contributed by atoms with Crippen molar-refractivity contribution in [3.05, 3.63) is 18.2 Å². The summed E-state index contributed by atoms with van der Waals surface area (Å²) < 4.78 is 16.0. The molecular formula is C14H20N2O3S. The Labute approximate surface area is 124 Å². The largest absolute Gasteiger partial charge is 0.454 e. The van der Waals surface area contributed by atoms with E-state index in [0.717, 1.165) is 49.8 Å². The molecule has 110 valence electrons. The van der Waals surface area contributed by atoms with Crippen LogP contribution in [0, 0.1) is 0 Å². The van der Waals surface area contributed by atoms with Crippen molar-refractivity contribution in [2.45, 2.75) is 19.8 Å². The average molecular weight is 296 g/mol. The maximum absolute atomic E-state index is 5.40. The van der Waals surface area contributed by atoms with Crippen molar-refractivity contribution in [1.29, 1.82) is 0 Å². The lowest BCUT2D eigenvalue weighted by Gasteiger charge is -2.11. The SMILES string of the molecule is CCCOCCCNC(=S)Nc1ccc2c(c1)OCO2. The van der Waals surface area contributed by atoms with Crippen LogP contribution in [0.15, 0.2) is 18.2 Å². The zero-order chi connectivity index (χ0) is 14.2. The van der Waals surface area contributed by atoms with Crippen LogP contribution in [-0.2, 0) is 4.74 Å². The third-order valence-electron chi connectivity index (χ3n) is 2.73. The summed E-state index contributed by atoms with van der Waals surface area (Å²) in [6.45, 7) is 4.75. The highest BCUT2D eigenvalue weighted by molar-refractivity contribution is 7.80. The first-order valence-electron chi connectivity index (χ1n) is 6.82. The molecule has 0 bridgehead atoms. The molecule has 0 aromatic heterocycles. The van der Waals surface area contributed by atoms with Crippen LogP contribution in [0.4, 0.5) is 5.69 Å². The van der Waals surface area contributed by atoms with Gasteiger partial charge in [0.25, 0.3) is 0 Å². The molecule has 0 saturated heterocycles. The molecule has 1 aromatic rings. The van der Waals surface area contributed by atoms with Crippen LogP contribution < -0.4 is 20.1 Å². The molecule has 20 heavy (non-hydrogen) atoms. The van der Waals surface area contributed by atoms with Crippen molar-refractivity contribution in [2.24, 2.45) is 0 Å². The van der Waals surface area contributed by atoms with Crippen molar-refractivity contribution in [2.75, 3.05) is 31.9 Å². The van der Waals surface area contributed by atoms with Crippen molar-refractivity contribution in [3.8, 4) is 11.5 Å². The Morgan fingerprint density at radius 3 is 3.00 bits per heavy atom. The van der Waals surface area contributed by atoms with Crippen LogP contribution in [0.3, 0.4) is 0 Å². The number of thiocarbonyl (C=S) groups is 1. The minimum absolute atomic E-state index is 0.277. The molecule has 1 aliphatic rings. The molecule has 1 heterocycles. The Kier molecular flexibility index (Phi) is 5.88. The quantitative estimate of drug-likeness (QED) is 0.596. The van der Waals surface area contributed by atoms with Gasteiger partial charge in [-0.15, -0.1) is 0 Å². The number of hydrogen-bond donors (Lipinski definition) is 2. The maximum atomic E-state index is 5.40. The van der Waals surface area contributed by atoms with E-state index >= 15 is 0 Å². The molecule has 0 spiro atoms. The summed E-state index contributed by atoms with van der Waals surface area (Å²) in [5.74, 6) is 1.51. The Balaban J connectivity index is 1.67. The van der Waals surface area contributed by atoms with E-state index in [2.05, 4.69) is 17.6 Å². The second-order valence-electron chi connectivity index (χ2n) is 4.41. The smallest absolute Gasteiger partial charge is 0.231 e. The fourth-order valence-corrected chi connectivity index (χ4v) is 1.99. The number of ether oxygens (including phenoxy) is 3. The van der Waals surface area contributed by atoms with Crippen LogP contribution >= 0.6 is 12.2 Å². The molecule has 6 heteroatoms. The predicted molar refractivity (Wildman–Crippen MR) is 82.5 cm³/mol. The van der Waals surface area contributed by atoms with Gasteiger partial charge < -0.3 is 24.8 Å². The number of nitrogens with one attached hydrogen (secondary N) is 2. The second-order valence-corrected chi connectivity index (χ2v) is 4.82. The summed E-state index contributed by atoms with van der Waals surface area (Å²) >= 11 is 5.23. The molecule has 0 atom stereocenters. The highest BCUT2D eigenvalue weighted by atomic mass is 32.1. The van der Waals surface area contributed by atoms with E-state index in [-0.39, 0.29) is 6.79 Å². The molecule has 5 nitrogen and oxygen atoms in total. The van der Waals surface area contributed by atoms with Crippen molar-refractivity contribution < 1.29 is 14.2 Å². The van der Waals surface area contributed by atoms with E-state index in [1.165, 1.54) is 0 Å². The van der Waals surface area contributed by atoms with Gasteiger partial charge in [-0.1, -0.05) is 6.92 Å². The normalized spacial score (nSPS) is 12.2. The van der Waals surface area contributed by atoms with E-state index in [0.29, 0.717) is 5.11 Å². The van der Waals surface area contributed by atoms with Gasteiger partial charge in [0, 0.05) is 31.5 Å². The predicted octanol–water partition coefficient (Wildman–Crippen LogP) is 2.52. The third-order valence-corrected chi connectivity index (χ3v) is 2.98. The van der Waals surface area contributed by atoms with Gasteiger partial charge in [0.2, 0.25) is 6.79 Å². The van der Waals surface area contributed by atoms with Crippen LogP contribution in [0.1, 0.15) is 19.8 Å². The van der Waals surface area contributed by atoms with Gasteiger partial charge in [0.1, 0.15) is 0 Å². The highest BCUT2D eigenvalue weighted by Gasteiger charge is 2.13. The van der Waals surface area contributed by atoms with E-state index in [4.69, 9.17) is 26.4 Å². The van der Waals surface area contributed by atoms with E-state index in [1.54, 1.807) is 0 Å². The summed E-state index contributed by atoms with van der Waals surface area (Å²) in [5, 5.41) is 6.86. The van der Waals surface area contributed by atoms with Crippen LogP contribution in [0.25, 0.3) is 0 Å². The molecule has 0 fully saturated rings. The third kappa shape index (κ3) is 4.54. The minimum Gasteiger partial charge on any atom is -0.454 e. The zero-order valence-corrected chi connectivity index (χ0v) is 12.4. The van der Waals surface area contributed by atoms with Gasteiger partial charge >= 0.3 is 0 Å². The minimum atomic E-state index is 0.277. The first kappa shape index (κ1) is 14.9. The van der Waals surface area contributed by atoms with Gasteiger partial charge in [-0.05, 0) is 37.2 Å². The van der Waals surface area contributed by atoms with E-state index in [1.807, 2.05) is 18.2 Å². The van der Waals surface area contributed by atoms with E-state index in [9.17, 15) is 0 Å². The molecule has 0 amide bonds. The summed E-state index contributed by atoms with van der Waals surface area (Å²) in [7, 11) is 0. The molecule has 0 radical (unpaired) electrons. The summed E-state index contributed by atoms with van der Waals surface area (Å²) in [5.41, 5.74) is 0.883. The van der Waals surface area contributed by atoms with Gasteiger partial charge in [0.05, 0.1) is 0 Å². The fraction of sp³-hybridized carbons (Fsp3) is 0.500. The number of anilines is 1. The molecule has 2 N–H and O–H groups in total. The Morgan fingerprint density at radius 2 is 2.15 bits per heavy atom. The number of fused-ring (bicyclic) bond motifs is 1. The van der Waals surface area contributed by atoms with Gasteiger partial charge in [-0.3, -0.25) is 0 Å². The zero-order valence-electron chi connectivity index (χ0n) is 11.6. The van der Waals surface area contributed by atoms with Crippen molar-refractivity contribution >= 4 is 23.0 Å². The van der Waals surface area contributed by atoms with Gasteiger partial charge in [0.15, 0.2) is 16.6 Å². The van der Waals surface area contributed by atoms with Crippen LogP contribution in [0.5, 0.6) is 11.5 Å². The maximum Gasteiger partial charge on any atom is 0.231 e. The summed E-state index contributed by atoms with van der Waals surface area (Å²) in [6.07, 6.45) is 1.99. The highest BCUT2D eigenvalue weighted by Crippen LogP contribution is 2.34. The topological polar surface area (TPSA) is 51.8 Å². The molecule has 0 unspecified atom stereocenters. The first-order valence-corrected chi connectivity index (χ1v) is 7.22. The average Bonchev–Trinajstić information content (AvgIpc) is 2.90. The van der Waals surface area contributed by atoms with Crippen LogP contribution in [-0.4, -0.2) is 31.7 Å². The molecule has 1 aromatic carbocycles. The Morgan fingerprint density at radius 1 is 1.30 bits per heavy atom. The van der Waals surface area contributed by atoms with Gasteiger partial charge in [-0.2, -0.15) is 0 Å². The molecular weight excluding hydrogens is 276 g/mol. The number of rotatable bonds is 7. The van der Waals surface area contributed by atoms with Crippen molar-refractivity contribution in [3.63, 3.8) is 0 Å². The van der Waals surface area contributed by atoms with E-state index < -0.39 is 0 Å². The lowest BCUT2D eigenvalue weighted by Crippen LogP contribution is -2.29. The lowest BCUT2D eigenvalue weighted by atomic mass is 10.3. The lowest BCUT2D eigenvalue weighted by molar-refractivity contribution is 0.133. The number of hydrogen-bond acceptors (Lipinski definition) is 4. The van der Waals surface area contributed by atoms with Gasteiger partial charge in [-0.25, -0.2) is 0 Å². The monoisotopic (exact) mass is 296 g/mol. The Bertz CT molecular complexity index is 454. The standard InChI is InChI=1S/C14H20N2O3S/c1-2-7-17-8-3-6-15-14(20)16-11-4-5-12-13(9-11)19-10-18-12/h4-5,9H,2-3,6-8,10H2,1H3,(H2,15,16,20). The second kappa shape index (κ2) is 7.91. The Hall–Kier alpha value is -1.53. The molecule has 1 aliphatic heterocycles. The first-order chi connectivity index (χ1) is 9.79. The van der Waals surface area contributed by atoms with Crippen LogP contribution in [0.2, 0.25) is 0 Å². The fourth-order valence-electron chi connectivity index (χ4n) is 1.77. The molecule has 0 saturated carbocycles. The molecule has 0 aliphatic carbocycles. The number of benzene rings is 1. The van der Waals surface area contributed by atoms with Crippen molar-refractivity contribution in [1.82, 2.24) is 5.32 Å². The summed E-state index contributed by atoms with van der Waals surface area (Å²) in [4.78, 5) is 0. The molecule has 2 rings (SSSR count).